The van der Waals surface area contributed by atoms with Gasteiger partial charge in [0.15, 0.2) is 0 Å². The fourth-order valence-electron chi connectivity index (χ4n) is 3.38. The van der Waals surface area contributed by atoms with Gasteiger partial charge in [-0.25, -0.2) is 0 Å². The van der Waals surface area contributed by atoms with Crippen LogP contribution >= 0.6 is 0 Å². The molecule has 1 fully saturated rings. The van der Waals surface area contributed by atoms with Gasteiger partial charge in [-0.1, -0.05) is 26.8 Å². The molecule has 2 aromatic rings. The minimum absolute atomic E-state index is 0.0148. The molecular formula is C20H29N5O. The molecule has 26 heavy (non-hydrogen) atoms. The van der Waals surface area contributed by atoms with Crippen LogP contribution in [0.25, 0.3) is 0 Å². The second-order valence-corrected chi connectivity index (χ2v) is 8.37. The Labute approximate surface area is 155 Å². The lowest BCUT2D eigenvalue weighted by Crippen LogP contribution is -2.31. The van der Waals surface area contributed by atoms with E-state index in [0.29, 0.717) is 5.69 Å². The fourth-order valence-corrected chi connectivity index (χ4v) is 3.38. The average Bonchev–Trinajstić information content (AvgIpc) is 3.23. The Morgan fingerprint density at radius 3 is 2.77 bits per heavy atom. The molecular weight excluding hydrogens is 326 g/mol. The summed E-state index contributed by atoms with van der Waals surface area (Å²) in [4.78, 5) is 21.9. The van der Waals surface area contributed by atoms with Crippen molar-refractivity contribution in [3.8, 4) is 0 Å². The van der Waals surface area contributed by atoms with Crippen molar-refractivity contribution in [3.05, 3.63) is 47.0 Å². The molecule has 0 aliphatic carbocycles. The van der Waals surface area contributed by atoms with Crippen LogP contribution in [0.5, 0.6) is 0 Å². The van der Waals surface area contributed by atoms with E-state index in [2.05, 4.69) is 35.9 Å². The maximum Gasteiger partial charge on any atom is 0.274 e. The molecule has 0 radical (unpaired) electrons. The monoisotopic (exact) mass is 355 g/mol. The molecule has 140 valence electrons. The van der Waals surface area contributed by atoms with E-state index in [1.807, 2.05) is 43.3 Å². The molecule has 0 bridgehead atoms. The van der Waals surface area contributed by atoms with Crippen molar-refractivity contribution in [1.82, 2.24) is 25.0 Å². The van der Waals surface area contributed by atoms with Crippen molar-refractivity contribution in [2.45, 2.75) is 51.6 Å². The van der Waals surface area contributed by atoms with Crippen molar-refractivity contribution in [2.24, 2.45) is 0 Å². The lowest BCUT2D eigenvalue weighted by molar-refractivity contribution is 0.0726. The summed E-state index contributed by atoms with van der Waals surface area (Å²) in [6.07, 6.45) is 1.94. The van der Waals surface area contributed by atoms with Crippen LogP contribution in [-0.2, 0) is 12.0 Å². The molecule has 6 nitrogen and oxygen atoms in total. The maximum atomic E-state index is 13.0. The predicted molar refractivity (Wildman–Crippen MR) is 102 cm³/mol. The molecule has 0 spiro atoms. The quantitative estimate of drug-likeness (QED) is 0.915. The van der Waals surface area contributed by atoms with Gasteiger partial charge in [-0.05, 0) is 45.1 Å². The summed E-state index contributed by atoms with van der Waals surface area (Å²) < 4.78 is 0. The summed E-state index contributed by atoms with van der Waals surface area (Å²) in [5.41, 5.74) is 3.41. The van der Waals surface area contributed by atoms with Gasteiger partial charge in [0.2, 0.25) is 0 Å². The van der Waals surface area contributed by atoms with Gasteiger partial charge in [0.25, 0.3) is 5.91 Å². The van der Waals surface area contributed by atoms with E-state index >= 15 is 0 Å². The normalized spacial score (nSPS) is 17.9. The number of aromatic amines is 1. The number of likely N-dealkylation sites (tertiary alicyclic amines) is 1. The molecule has 1 aliphatic heterocycles. The molecule has 1 atom stereocenters. The Morgan fingerprint density at radius 1 is 1.35 bits per heavy atom. The Balaban J connectivity index is 1.82. The molecule has 0 saturated carbocycles. The van der Waals surface area contributed by atoms with E-state index in [1.54, 1.807) is 0 Å². The minimum atomic E-state index is -0.0575. The Bertz CT molecular complexity index is 775. The molecule has 1 aliphatic rings. The molecule has 6 heteroatoms. The van der Waals surface area contributed by atoms with E-state index in [9.17, 15) is 4.79 Å². The number of hydrogen-bond acceptors (Lipinski definition) is 4. The molecule has 3 heterocycles. The number of pyridine rings is 1. The molecule has 0 unspecified atom stereocenters. The predicted octanol–water partition coefficient (Wildman–Crippen LogP) is 3.14. The smallest absolute Gasteiger partial charge is 0.274 e. The second-order valence-electron chi connectivity index (χ2n) is 8.37. The van der Waals surface area contributed by atoms with Gasteiger partial charge in [-0.2, -0.15) is 5.10 Å². The summed E-state index contributed by atoms with van der Waals surface area (Å²) in [6, 6.07) is 8.01. The lowest BCUT2D eigenvalue weighted by atomic mass is 9.92. The van der Waals surface area contributed by atoms with Crippen LogP contribution < -0.4 is 0 Å². The van der Waals surface area contributed by atoms with Crippen LogP contribution in [0.15, 0.2) is 24.3 Å². The zero-order valence-electron chi connectivity index (χ0n) is 16.4. The van der Waals surface area contributed by atoms with Gasteiger partial charge >= 0.3 is 0 Å². The van der Waals surface area contributed by atoms with Crippen molar-refractivity contribution in [3.63, 3.8) is 0 Å². The van der Waals surface area contributed by atoms with Crippen LogP contribution in [0.3, 0.4) is 0 Å². The maximum absolute atomic E-state index is 13.0. The highest BCUT2D eigenvalue weighted by atomic mass is 16.2. The first-order chi connectivity index (χ1) is 12.3. The average molecular weight is 355 g/mol. The first kappa shape index (κ1) is 18.6. The first-order valence-electron chi connectivity index (χ1n) is 9.23. The first-order valence-corrected chi connectivity index (χ1v) is 9.23. The third-order valence-electron chi connectivity index (χ3n) is 4.77. The number of carbonyl (C=O) groups is 1. The molecule has 1 amide bonds. The Hall–Kier alpha value is -2.21. The molecule has 1 N–H and O–H groups in total. The van der Waals surface area contributed by atoms with Crippen LogP contribution in [0.1, 0.15) is 67.2 Å². The number of aromatic nitrogens is 3. The summed E-state index contributed by atoms with van der Waals surface area (Å²) in [5, 5.41) is 7.29. The number of carbonyl (C=O) groups excluding carboxylic acids is 1. The highest BCUT2D eigenvalue weighted by molar-refractivity contribution is 5.93. The van der Waals surface area contributed by atoms with E-state index < -0.39 is 0 Å². The molecule has 3 rings (SSSR count). The third kappa shape index (κ3) is 3.96. The summed E-state index contributed by atoms with van der Waals surface area (Å²) >= 11 is 0. The largest absolute Gasteiger partial charge is 0.329 e. The third-order valence-corrected chi connectivity index (χ3v) is 4.77. The van der Waals surface area contributed by atoms with Gasteiger partial charge < -0.3 is 9.80 Å². The van der Waals surface area contributed by atoms with Crippen molar-refractivity contribution in [1.29, 1.82) is 0 Å². The van der Waals surface area contributed by atoms with Crippen LogP contribution in [-0.4, -0.2) is 51.5 Å². The zero-order valence-corrected chi connectivity index (χ0v) is 16.4. The zero-order chi connectivity index (χ0) is 18.9. The SMILES string of the molecule is CN(C)Cc1cccc([C@@H]2CCCN2C(=O)c2cc(C(C)(C)C)[nH]n2)n1. The van der Waals surface area contributed by atoms with Gasteiger partial charge in [0.1, 0.15) is 5.69 Å². The number of H-pyrrole nitrogens is 1. The van der Waals surface area contributed by atoms with E-state index in [0.717, 1.165) is 43.0 Å². The summed E-state index contributed by atoms with van der Waals surface area (Å²) in [6.45, 7) is 7.86. The van der Waals surface area contributed by atoms with Crippen LogP contribution in [0.2, 0.25) is 0 Å². The van der Waals surface area contributed by atoms with Gasteiger partial charge in [0, 0.05) is 24.2 Å². The topological polar surface area (TPSA) is 65.1 Å². The standard InChI is InChI=1S/C20H29N5O/c1-20(2,3)18-12-16(22-23-18)19(26)25-11-7-10-17(25)15-9-6-8-14(21-15)13-24(4)5/h6,8-9,12,17H,7,10-11,13H2,1-5H3,(H,22,23)/t17-/m0/s1. The number of rotatable bonds is 4. The van der Waals surface area contributed by atoms with E-state index in [1.165, 1.54) is 0 Å². The van der Waals surface area contributed by atoms with Crippen molar-refractivity contribution < 1.29 is 4.79 Å². The van der Waals surface area contributed by atoms with Gasteiger partial charge in [0.05, 0.1) is 17.4 Å². The van der Waals surface area contributed by atoms with Gasteiger partial charge in [-0.15, -0.1) is 0 Å². The van der Waals surface area contributed by atoms with E-state index in [-0.39, 0.29) is 17.4 Å². The Kier molecular flexibility index (Phi) is 5.14. The molecule has 2 aromatic heterocycles. The summed E-state index contributed by atoms with van der Waals surface area (Å²) in [7, 11) is 4.06. The lowest BCUT2D eigenvalue weighted by Gasteiger charge is -2.24. The fraction of sp³-hybridized carbons (Fsp3) is 0.550. The van der Waals surface area contributed by atoms with Gasteiger partial charge in [-0.3, -0.25) is 14.9 Å². The Morgan fingerprint density at radius 2 is 2.12 bits per heavy atom. The number of nitrogens with one attached hydrogen (secondary N) is 1. The van der Waals surface area contributed by atoms with Crippen molar-refractivity contribution in [2.75, 3.05) is 20.6 Å². The van der Waals surface area contributed by atoms with Crippen LogP contribution in [0.4, 0.5) is 0 Å². The minimum Gasteiger partial charge on any atom is -0.329 e. The number of nitrogens with zero attached hydrogens (tertiary/aromatic N) is 4. The molecule has 1 saturated heterocycles. The van der Waals surface area contributed by atoms with E-state index in [4.69, 9.17) is 4.98 Å². The summed E-state index contributed by atoms with van der Waals surface area (Å²) in [5.74, 6) is -0.0148. The van der Waals surface area contributed by atoms with Crippen LogP contribution in [0, 0.1) is 0 Å². The highest BCUT2D eigenvalue weighted by Crippen LogP contribution is 2.32. The second kappa shape index (κ2) is 7.19. The molecule has 0 aromatic carbocycles. The van der Waals surface area contributed by atoms with Crippen molar-refractivity contribution >= 4 is 5.91 Å². The number of hydrogen-bond donors (Lipinski definition) is 1. The number of amides is 1. The highest BCUT2D eigenvalue weighted by Gasteiger charge is 2.33.